The summed E-state index contributed by atoms with van der Waals surface area (Å²) in [5.74, 6) is 1.72. The Kier molecular flexibility index (Phi) is 8.09. The van der Waals surface area contributed by atoms with Gasteiger partial charge in [-0.05, 0) is 57.2 Å². The lowest BCUT2D eigenvalue weighted by molar-refractivity contribution is -0.149. The molecular formula is C24H35N5O2. The molecule has 0 radical (unpaired) electrons. The van der Waals surface area contributed by atoms with Crippen LogP contribution >= 0.6 is 0 Å². The van der Waals surface area contributed by atoms with Gasteiger partial charge in [0.25, 0.3) is 0 Å². The number of fused-ring (bicyclic) bond motifs is 1. The molecule has 1 aromatic heterocycles. The van der Waals surface area contributed by atoms with Crippen LogP contribution in [0.2, 0.25) is 0 Å². The summed E-state index contributed by atoms with van der Waals surface area (Å²) < 4.78 is 5.18. The molecule has 0 atom stereocenters. The molecule has 1 aliphatic carbocycles. The number of para-hydroxylation sites is 1. The molecule has 3 rings (SSSR count). The topological polar surface area (TPSA) is 78.9 Å². The van der Waals surface area contributed by atoms with Crippen molar-refractivity contribution in [3.8, 4) is 0 Å². The zero-order valence-electron chi connectivity index (χ0n) is 19.1. The fourth-order valence-electron chi connectivity index (χ4n) is 4.00. The van der Waals surface area contributed by atoms with Crippen LogP contribution in [0.3, 0.4) is 0 Å². The third-order valence-corrected chi connectivity index (χ3v) is 5.69. The number of anilines is 1. The second-order valence-electron chi connectivity index (χ2n) is 8.19. The number of pyridine rings is 1. The number of hydrogen-bond donors (Lipinski definition) is 2. The molecule has 1 fully saturated rings. The highest BCUT2D eigenvalue weighted by molar-refractivity contribution is 5.85. The van der Waals surface area contributed by atoms with E-state index in [2.05, 4.69) is 29.7 Å². The van der Waals surface area contributed by atoms with Gasteiger partial charge in [0.15, 0.2) is 5.96 Å². The van der Waals surface area contributed by atoms with Gasteiger partial charge >= 0.3 is 5.97 Å². The van der Waals surface area contributed by atoms with Crippen LogP contribution in [0.4, 0.5) is 5.82 Å². The molecule has 1 heterocycles. The SMILES string of the molecule is CCNC(=NCc1cc(N(C)C)nc2ccccc12)NC1CCC(C(=O)OCC)CC1. The number of rotatable bonds is 7. The van der Waals surface area contributed by atoms with Gasteiger partial charge in [-0.2, -0.15) is 0 Å². The fourth-order valence-corrected chi connectivity index (χ4v) is 4.00. The normalized spacial score (nSPS) is 19.2. The lowest BCUT2D eigenvalue weighted by atomic mass is 9.86. The van der Waals surface area contributed by atoms with Crippen molar-refractivity contribution < 1.29 is 9.53 Å². The van der Waals surface area contributed by atoms with Crippen molar-refractivity contribution in [2.75, 3.05) is 32.1 Å². The molecule has 0 spiro atoms. The Morgan fingerprint density at radius 3 is 2.61 bits per heavy atom. The summed E-state index contributed by atoms with van der Waals surface area (Å²) in [6.45, 7) is 5.74. The molecular weight excluding hydrogens is 390 g/mol. The maximum atomic E-state index is 12.0. The van der Waals surface area contributed by atoms with Gasteiger partial charge in [-0.15, -0.1) is 0 Å². The molecule has 2 aromatic rings. The number of ether oxygens (including phenoxy) is 1. The smallest absolute Gasteiger partial charge is 0.308 e. The van der Waals surface area contributed by atoms with E-state index in [-0.39, 0.29) is 11.9 Å². The summed E-state index contributed by atoms with van der Waals surface area (Å²) in [6.07, 6.45) is 3.60. The zero-order chi connectivity index (χ0) is 22.2. The van der Waals surface area contributed by atoms with Crippen LogP contribution < -0.4 is 15.5 Å². The van der Waals surface area contributed by atoms with Crippen molar-refractivity contribution in [3.05, 3.63) is 35.9 Å². The van der Waals surface area contributed by atoms with Crippen LogP contribution in [0.1, 0.15) is 45.1 Å². The molecule has 0 saturated heterocycles. The first-order valence-corrected chi connectivity index (χ1v) is 11.3. The van der Waals surface area contributed by atoms with Gasteiger partial charge in [0.2, 0.25) is 0 Å². The van der Waals surface area contributed by atoms with Crippen molar-refractivity contribution in [3.63, 3.8) is 0 Å². The minimum absolute atomic E-state index is 0.0326. The Bertz CT molecular complexity index is 904. The van der Waals surface area contributed by atoms with Crippen molar-refractivity contribution in [2.45, 2.75) is 52.1 Å². The predicted molar refractivity (Wildman–Crippen MR) is 126 cm³/mol. The van der Waals surface area contributed by atoms with E-state index in [9.17, 15) is 4.79 Å². The average molecular weight is 426 g/mol. The predicted octanol–water partition coefficient (Wildman–Crippen LogP) is 3.48. The van der Waals surface area contributed by atoms with E-state index in [0.29, 0.717) is 19.2 Å². The van der Waals surface area contributed by atoms with Crippen molar-refractivity contribution in [2.24, 2.45) is 10.9 Å². The third-order valence-electron chi connectivity index (χ3n) is 5.69. The van der Waals surface area contributed by atoms with Crippen LogP contribution in [-0.4, -0.2) is 50.2 Å². The number of hydrogen-bond acceptors (Lipinski definition) is 5. The maximum absolute atomic E-state index is 12.0. The van der Waals surface area contributed by atoms with Gasteiger partial charge in [0, 0.05) is 32.1 Å². The second kappa shape index (κ2) is 11.0. The van der Waals surface area contributed by atoms with Crippen LogP contribution in [0.5, 0.6) is 0 Å². The van der Waals surface area contributed by atoms with E-state index in [1.54, 1.807) is 0 Å². The number of aromatic nitrogens is 1. The summed E-state index contributed by atoms with van der Waals surface area (Å²) >= 11 is 0. The minimum atomic E-state index is -0.0530. The lowest BCUT2D eigenvalue weighted by Crippen LogP contribution is -2.45. The molecule has 0 unspecified atom stereocenters. The van der Waals surface area contributed by atoms with E-state index in [4.69, 9.17) is 14.7 Å². The largest absolute Gasteiger partial charge is 0.466 e. The fraction of sp³-hybridized carbons (Fsp3) is 0.542. The number of esters is 1. The molecule has 2 N–H and O–H groups in total. The van der Waals surface area contributed by atoms with Crippen LogP contribution in [0.25, 0.3) is 10.9 Å². The summed E-state index contributed by atoms with van der Waals surface area (Å²) in [5, 5.41) is 8.05. The minimum Gasteiger partial charge on any atom is -0.466 e. The second-order valence-corrected chi connectivity index (χ2v) is 8.19. The van der Waals surface area contributed by atoms with Crippen molar-refractivity contribution >= 4 is 28.6 Å². The molecule has 0 bridgehead atoms. The third kappa shape index (κ3) is 6.09. The van der Waals surface area contributed by atoms with E-state index in [1.807, 2.05) is 44.1 Å². The average Bonchev–Trinajstić information content (AvgIpc) is 2.77. The molecule has 168 valence electrons. The van der Waals surface area contributed by atoms with Crippen molar-refractivity contribution in [1.29, 1.82) is 0 Å². The molecule has 1 aliphatic rings. The van der Waals surface area contributed by atoms with E-state index < -0.39 is 0 Å². The van der Waals surface area contributed by atoms with Gasteiger partial charge in [-0.25, -0.2) is 9.98 Å². The van der Waals surface area contributed by atoms with Crippen LogP contribution in [-0.2, 0) is 16.1 Å². The molecule has 7 heteroatoms. The quantitative estimate of drug-likeness (QED) is 0.402. The highest BCUT2D eigenvalue weighted by Crippen LogP contribution is 2.26. The van der Waals surface area contributed by atoms with Crippen LogP contribution in [0, 0.1) is 5.92 Å². The molecule has 0 aliphatic heterocycles. The molecule has 1 saturated carbocycles. The Labute approximate surface area is 185 Å². The number of nitrogens with zero attached hydrogens (tertiary/aromatic N) is 3. The zero-order valence-corrected chi connectivity index (χ0v) is 19.1. The molecule has 1 aromatic carbocycles. The van der Waals surface area contributed by atoms with Gasteiger partial charge in [-0.3, -0.25) is 4.79 Å². The molecule has 0 amide bonds. The highest BCUT2D eigenvalue weighted by atomic mass is 16.5. The summed E-state index contributed by atoms with van der Waals surface area (Å²) in [6, 6.07) is 10.6. The van der Waals surface area contributed by atoms with E-state index >= 15 is 0 Å². The standard InChI is InChI=1S/C24H35N5O2/c1-5-25-24(27-19-13-11-17(12-14-19)23(30)31-6-2)26-16-18-15-22(29(3)4)28-21-10-8-7-9-20(18)21/h7-10,15,17,19H,5-6,11-14,16H2,1-4H3,(H2,25,26,27). The first-order valence-electron chi connectivity index (χ1n) is 11.3. The summed E-state index contributed by atoms with van der Waals surface area (Å²) in [4.78, 5) is 23.6. The first-order chi connectivity index (χ1) is 15.0. The monoisotopic (exact) mass is 425 g/mol. The maximum Gasteiger partial charge on any atom is 0.308 e. The number of carbonyl (C=O) groups is 1. The Balaban J connectivity index is 1.70. The van der Waals surface area contributed by atoms with E-state index in [0.717, 1.165) is 60.5 Å². The Morgan fingerprint density at radius 2 is 1.94 bits per heavy atom. The van der Waals surface area contributed by atoms with Gasteiger partial charge in [0.05, 0.1) is 24.6 Å². The van der Waals surface area contributed by atoms with Crippen LogP contribution in [0.15, 0.2) is 35.3 Å². The highest BCUT2D eigenvalue weighted by Gasteiger charge is 2.27. The Hall–Kier alpha value is -2.83. The summed E-state index contributed by atoms with van der Waals surface area (Å²) in [5.41, 5.74) is 2.13. The number of aliphatic imine (C=N–C) groups is 1. The van der Waals surface area contributed by atoms with Gasteiger partial charge in [-0.1, -0.05) is 18.2 Å². The van der Waals surface area contributed by atoms with Gasteiger partial charge in [0.1, 0.15) is 5.82 Å². The van der Waals surface area contributed by atoms with Gasteiger partial charge < -0.3 is 20.3 Å². The number of benzene rings is 1. The molecule has 7 nitrogen and oxygen atoms in total. The summed E-state index contributed by atoms with van der Waals surface area (Å²) in [7, 11) is 4.00. The first kappa shape index (κ1) is 22.8. The van der Waals surface area contributed by atoms with E-state index in [1.165, 1.54) is 0 Å². The van der Waals surface area contributed by atoms with Crippen molar-refractivity contribution in [1.82, 2.24) is 15.6 Å². The Morgan fingerprint density at radius 1 is 1.19 bits per heavy atom. The number of nitrogens with one attached hydrogen (secondary N) is 2. The number of guanidine groups is 1. The molecule has 31 heavy (non-hydrogen) atoms. The lowest BCUT2D eigenvalue weighted by Gasteiger charge is -2.29. The number of carbonyl (C=O) groups excluding carboxylic acids is 1.